The van der Waals surface area contributed by atoms with Gasteiger partial charge in [-0.05, 0) is 31.0 Å². The van der Waals surface area contributed by atoms with Crippen LogP contribution in [0.25, 0.3) is 0 Å². The van der Waals surface area contributed by atoms with Gasteiger partial charge >= 0.3 is 6.18 Å². The second kappa shape index (κ2) is 5.81. The van der Waals surface area contributed by atoms with Crippen molar-refractivity contribution in [2.45, 2.75) is 19.5 Å². The van der Waals surface area contributed by atoms with Crippen LogP contribution in [-0.4, -0.2) is 27.0 Å². The van der Waals surface area contributed by atoms with Crippen LogP contribution in [-0.2, 0) is 16.0 Å². The average Bonchev–Trinajstić information content (AvgIpc) is 2.23. The van der Waals surface area contributed by atoms with Gasteiger partial charge in [-0.15, -0.1) is 0 Å². The van der Waals surface area contributed by atoms with Gasteiger partial charge in [0.05, 0.1) is 11.3 Å². The van der Waals surface area contributed by atoms with Crippen LogP contribution in [0.4, 0.5) is 18.9 Å². The molecule has 0 heterocycles. The normalized spacial score (nSPS) is 12.5. The molecule has 1 rings (SSSR count). The molecule has 0 aliphatic heterocycles. The second-order valence-corrected chi connectivity index (χ2v) is 6.70. The predicted molar refractivity (Wildman–Crippen MR) is 69.0 cm³/mol. The largest absolute Gasteiger partial charge is 0.416 e. The summed E-state index contributed by atoms with van der Waals surface area (Å²) in [6.45, 7) is 1.71. The lowest BCUT2D eigenvalue weighted by molar-refractivity contribution is -0.138. The minimum absolute atomic E-state index is 0.0119. The fraction of sp³-hybridized carbons (Fsp3) is 0.500. The quantitative estimate of drug-likeness (QED) is 0.850. The Labute approximate surface area is 110 Å². The third kappa shape index (κ3) is 5.50. The van der Waals surface area contributed by atoms with Gasteiger partial charge in [-0.2, -0.15) is 13.2 Å². The first kappa shape index (κ1) is 15.8. The van der Waals surface area contributed by atoms with Crippen molar-refractivity contribution in [3.8, 4) is 0 Å². The van der Waals surface area contributed by atoms with Crippen molar-refractivity contribution in [2.24, 2.45) is 0 Å². The molecule has 0 aliphatic carbocycles. The maximum Gasteiger partial charge on any atom is 0.416 e. The molecule has 0 bridgehead atoms. The first-order valence-electron chi connectivity index (χ1n) is 5.69. The molecule has 7 heteroatoms. The molecular formula is C12H16F3NO2S. The summed E-state index contributed by atoms with van der Waals surface area (Å²) in [6.07, 6.45) is -2.90. The van der Waals surface area contributed by atoms with Crippen LogP contribution in [0.3, 0.4) is 0 Å². The van der Waals surface area contributed by atoms with Crippen LogP contribution in [0.5, 0.6) is 0 Å². The number of hydrogen-bond acceptors (Lipinski definition) is 3. The third-order valence-electron chi connectivity index (χ3n) is 2.56. The predicted octanol–water partition coefficient (Wildman–Crippen LogP) is 2.86. The van der Waals surface area contributed by atoms with Gasteiger partial charge in [-0.3, -0.25) is 0 Å². The molecule has 0 fully saturated rings. The number of sulfone groups is 1. The summed E-state index contributed by atoms with van der Waals surface area (Å²) in [5, 5.41) is 2.79. The Bertz CT molecular complexity index is 538. The zero-order valence-electron chi connectivity index (χ0n) is 10.7. The molecule has 0 unspecified atom stereocenters. The molecule has 0 atom stereocenters. The van der Waals surface area contributed by atoms with Crippen LogP contribution in [0.15, 0.2) is 18.2 Å². The molecule has 3 nitrogen and oxygen atoms in total. The van der Waals surface area contributed by atoms with Gasteiger partial charge in [0.2, 0.25) is 0 Å². The van der Waals surface area contributed by atoms with Gasteiger partial charge < -0.3 is 5.32 Å². The zero-order valence-corrected chi connectivity index (χ0v) is 11.5. The van der Waals surface area contributed by atoms with E-state index in [4.69, 9.17) is 0 Å². The fourth-order valence-electron chi connectivity index (χ4n) is 1.60. The van der Waals surface area contributed by atoms with Crippen molar-refractivity contribution in [1.29, 1.82) is 0 Å². The Hall–Kier alpha value is -1.24. The summed E-state index contributed by atoms with van der Waals surface area (Å²) in [7, 11) is -3.04. The van der Waals surface area contributed by atoms with E-state index in [9.17, 15) is 21.6 Å². The first-order valence-corrected chi connectivity index (χ1v) is 7.75. The highest BCUT2D eigenvalue weighted by Crippen LogP contribution is 2.33. The first-order chi connectivity index (χ1) is 8.59. The summed E-state index contributed by atoms with van der Waals surface area (Å²) in [4.78, 5) is 0. The number of anilines is 1. The Kier molecular flexibility index (Phi) is 4.84. The number of halogens is 3. The zero-order chi connectivity index (χ0) is 14.7. The number of benzene rings is 1. The van der Waals surface area contributed by atoms with Crippen molar-refractivity contribution in [2.75, 3.05) is 23.9 Å². The number of aryl methyl sites for hydroxylation is 1. The smallest absolute Gasteiger partial charge is 0.385 e. The maximum absolute atomic E-state index is 12.7. The van der Waals surface area contributed by atoms with E-state index in [1.807, 2.05) is 0 Å². The summed E-state index contributed by atoms with van der Waals surface area (Å²) in [6, 6.07) is 3.97. The van der Waals surface area contributed by atoms with Gasteiger partial charge in [-0.1, -0.05) is 6.07 Å². The molecule has 19 heavy (non-hydrogen) atoms. The molecule has 0 saturated carbocycles. The minimum atomic E-state index is -4.38. The highest BCUT2D eigenvalue weighted by molar-refractivity contribution is 7.90. The standard InChI is InChI=1S/C12H16F3NO2S/c1-9-4-5-10(8-11(9)12(13,14)15)16-6-3-7-19(2,17)18/h4-5,8,16H,3,6-7H2,1-2H3. The Balaban J connectivity index is 2.66. The van der Waals surface area contributed by atoms with E-state index in [1.165, 1.54) is 13.0 Å². The molecular weight excluding hydrogens is 279 g/mol. The van der Waals surface area contributed by atoms with Gasteiger partial charge in [0, 0.05) is 18.5 Å². The van der Waals surface area contributed by atoms with E-state index in [2.05, 4.69) is 5.32 Å². The van der Waals surface area contributed by atoms with Crippen LogP contribution in [0, 0.1) is 6.92 Å². The number of hydrogen-bond donors (Lipinski definition) is 1. The summed E-state index contributed by atoms with van der Waals surface area (Å²) in [5.74, 6) is 0.0119. The summed E-state index contributed by atoms with van der Waals surface area (Å²) in [5.41, 5.74) is -0.179. The van der Waals surface area contributed by atoms with Crippen LogP contribution >= 0.6 is 0 Å². The van der Waals surface area contributed by atoms with E-state index >= 15 is 0 Å². The molecule has 1 aromatic carbocycles. The molecule has 0 saturated heterocycles. The van der Waals surface area contributed by atoms with E-state index in [0.717, 1.165) is 12.3 Å². The topological polar surface area (TPSA) is 46.2 Å². The van der Waals surface area contributed by atoms with Crippen molar-refractivity contribution >= 4 is 15.5 Å². The molecule has 1 aromatic rings. The maximum atomic E-state index is 12.7. The minimum Gasteiger partial charge on any atom is -0.385 e. The highest BCUT2D eigenvalue weighted by atomic mass is 32.2. The van der Waals surface area contributed by atoms with Crippen molar-refractivity contribution in [3.63, 3.8) is 0 Å². The van der Waals surface area contributed by atoms with Crippen molar-refractivity contribution in [1.82, 2.24) is 0 Å². The van der Waals surface area contributed by atoms with E-state index in [0.29, 0.717) is 18.7 Å². The lowest BCUT2D eigenvalue weighted by Gasteiger charge is -2.13. The van der Waals surface area contributed by atoms with Crippen molar-refractivity contribution in [3.05, 3.63) is 29.3 Å². The van der Waals surface area contributed by atoms with Crippen LogP contribution in [0.1, 0.15) is 17.5 Å². The SMILES string of the molecule is Cc1ccc(NCCCS(C)(=O)=O)cc1C(F)(F)F. The van der Waals surface area contributed by atoms with E-state index < -0.39 is 21.6 Å². The van der Waals surface area contributed by atoms with Crippen LogP contribution < -0.4 is 5.32 Å². The highest BCUT2D eigenvalue weighted by Gasteiger charge is 2.32. The molecule has 0 spiro atoms. The summed E-state index contributed by atoms with van der Waals surface area (Å²) < 4.78 is 59.8. The Morgan fingerprint density at radius 1 is 1.26 bits per heavy atom. The number of rotatable bonds is 5. The fourth-order valence-corrected chi connectivity index (χ4v) is 2.27. The van der Waals surface area contributed by atoms with Gasteiger partial charge in [0.25, 0.3) is 0 Å². The second-order valence-electron chi connectivity index (χ2n) is 4.44. The third-order valence-corrected chi connectivity index (χ3v) is 3.59. The monoisotopic (exact) mass is 295 g/mol. The molecule has 0 radical (unpaired) electrons. The van der Waals surface area contributed by atoms with Gasteiger partial charge in [0.15, 0.2) is 0 Å². The van der Waals surface area contributed by atoms with Crippen molar-refractivity contribution < 1.29 is 21.6 Å². The van der Waals surface area contributed by atoms with E-state index in [-0.39, 0.29) is 11.3 Å². The van der Waals surface area contributed by atoms with E-state index in [1.54, 1.807) is 6.07 Å². The molecule has 0 amide bonds. The molecule has 0 aromatic heterocycles. The number of nitrogens with one attached hydrogen (secondary N) is 1. The molecule has 1 N–H and O–H groups in total. The lowest BCUT2D eigenvalue weighted by Crippen LogP contribution is -2.11. The molecule has 108 valence electrons. The van der Waals surface area contributed by atoms with Gasteiger partial charge in [-0.25, -0.2) is 8.42 Å². The Morgan fingerprint density at radius 2 is 1.89 bits per heavy atom. The summed E-state index contributed by atoms with van der Waals surface area (Å²) >= 11 is 0. The number of alkyl halides is 3. The van der Waals surface area contributed by atoms with Crippen LogP contribution in [0.2, 0.25) is 0 Å². The lowest BCUT2D eigenvalue weighted by atomic mass is 10.1. The Morgan fingerprint density at radius 3 is 2.42 bits per heavy atom. The van der Waals surface area contributed by atoms with Gasteiger partial charge in [0.1, 0.15) is 9.84 Å². The molecule has 0 aliphatic rings. The average molecular weight is 295 g/mol.